The molecule has 0 radical (unpaired) electrons. The lowest BCUT2D eigenvalue weighted by Crippen LogP contribution is -2.27. The maximum absolute atomic E-state index is 12.4. The summed E-state index contributed by atoms with van der Waals surface area (Å²) in [6.07, 6.45) is 2.10. The number of aryl methyl sites for hydroxylation is 4. The van der Waals surface area contributed by atoms with Gasteiger partial charge in [0.15, 0.2) is 0 Å². The van der Waals surface area contributed by atoms with E-state index in [0.717, 1.165) is 35.3 Å². The quantitative estimate of drug-likeness (QED) is 0.686. The monoisotopic (exact) mass is 349 g/mol. The highest BCUT2D eigenvalue weighted by Crippen LogP contribution is 2.19. The Balaban J connectivity index is 1.59. The topological polar surface area (TPSA) is 57.8 Å². The van der Waals surface area contributed by atoms with Crippen molar-refractivity contribution in [3.05, 3.63) is 64.5 Å². The van der Waals surface area contributed by atoms with Gasteiger partial charge in [-0.25, -0.2) is 4.98 Å². The average molecular weight is 349 g/mol. The molecule has 0 aliphatic heterocycles. The number of aromatic amines is 1. The lowest BCUT2D eigenvalue weighted by Gasteiger charge is -2.17. The number of benzene rings is 2. The highest BCUT2D eigenvalue weighted by Gasteiger charge is 2.12. The molecule has 2 aromatic carbocycles. The molecule has 136 valence electrons. The van der Waals surface area contributed by atoms with Gasteiger partial charge in [0.2, 0.25) is 5.91 Å². The largest absolute Gasteiger partial charge is 0.350 e. The molecular formula is C22H27N3O. The second-order valence-corrected chi connectivity index (χ2v) is 7.04. The molecule has 0 aliphatic carbocycles. The molecule has 0 saturated carbocycles. The van der Waals surface area contributed by atoms with E-state index in [4.69, 9.17) is 0 Å². The van der Waals surface area contributed by atoms with Crippen molar-refractivity contribution in [2.24, 2.45) is 0 Å². The Bertz CT molecular complexity index is 926. The van der Waals surface area contributed by atoms with Crippen molar-refractivity contribution >= 4 is 16.9 Å². The van der Waals surface area contributed by atoms with Crippen LogP contribution in [0.15, 0.2) is 36.4 Å². The molecule has 0 saturated heterocycles. The van der Waals surface area contributed by atoms with Gasteiger partial charge in [0, 0.05) is 12.8 Å². The molecule has 26 heavy (non-hydrogen) atoms. The van der Waals surface area contributed by atoms with Crippen molar-refractivity contribution in [2.75, 3.05) is 0 Å². The van der Waals surface area contributed by atoms with Crippen LogP contribution in [-0.2, 0) is 17.6 Å². The second-order valence-electron chi connectivity index (χ2n) is 7.04. The van der Waals surface area contributed by atoms with E-state index in [9.17, 15) is 4.79 Å². The number of hydrogen-bond donors (Lipinski definition) is 2. The normalized spacial score (nSPS) is 12.3. The van der Waals surface area contributed by atoms with Crippen molar-refractivity contribution in [3.63, 3.8) is 0 Å². The zero-order valence-corrected chi connectivity index (χ0v) is 16.0. The minimum absolute atomic E-state index is 0.0188. The first kappa shape index (κ1) is 18.2. The first-order valence-electron chi connectivity index (χ1n) is 9.30. The van der Waals surface area contributed by atoms with E-state index in [2.05, 4.69) is 66.4 Å². The SMILES string of the molecule is CCc1nc2ccc(CCC(=O)N[C@@H](C)c3ccc(C)cc3C)cc2[nH]1. The number of rotatable bonds is 6. The Kier molecular flexibility index (Phi) is 5.40. The van der Waals surface area contributed by atoms with Crippen LogP contribution in [0.25, 0.3) is 11.0 Å². The standard InChI is InChI=1S/C22H27N3O/c1-5-21-24-19-10-7-17(13-20(19)25-21)8-11-22(26)23-16(4)18-9-6-14(2)12-15(18)3/h6-7,9-10,12-13,16H,5,8,11H2,1-4H3,(H,23,26)(H,24,25)/t16-/m0/s1. The number of carbonyl (C=O) groups excluding carboxylic acids is 1. The molecule has 3 rings (SSSR count). The lowest BCUT2D eigenvalue weighted by atomic mass is 10.00. The van der Waals surface area contributed by atoms with Gasteiger partial charge < -0.3 is 10.3 Å². The van der Waals surface area contributed by atoms with Gasteiger partial charge in [-0.2, -0.15) is 0 Å². The van der Waals surface area contributed by atoms with E-state index in [1.54, 1.807) is 0 Å². The summed E-state index contributed by atoms with van der Waals surface area (Å²) in [5, 5.41) is 3.12. The number of nitrogens with zero attached hydrogens (tertiary/aromatic N) is 1. The van der Waals surface area contributed by atoms with Gasteiger partial charge in [-0.15, -0.1) is 0 Å². The molecular weight excluding hydrogens is 322 g/mol. The van der Waals surface area contributed by atoms with Crippen LogP contribution in [0.5, 0.6) is 0 Å². The molecule has 0 spiro atoms. The predicted molar refractivity (Wildman–Crippen MR) is 106 cm³/mol. The van der Waals surface area contributed by atoms with Crippen molar-refractivity contribution in [1.82, 2.24) is 15.3 Å². The fourth-order valence-electron chi connectivity index (χ4n) is 3.39. The molecule has 0 fully saturated rings. The van der Waals surface area contributed by atoms with Gasteiger partial charge in [-0.3, -0.25) is 4.79 Å². The Morgan fingerprint density at radius 3 is 2.73 bits per heavy atom. The zero-order valence-electron chi connectivity index (χ0n) is 16.0. The van der Waals surface area contributed by atoms with E-state index >= 15 is 0 Å². The number of H-pyrrole nitrogens is 1. The summed E-state index contributed by atoms with van der Waals surface area (Å²) in [5.74, 6) is 1.08. The summed E-state index contributed by atoms with van der Waals surface area (Å²) in [6, 6.07) is 12.6. The Morgan fingerprint density at radius 2 is 2.00 bits per heavy atom. The van der Waals surface area contributed by atoms with Crippen LogP contribution in [0.4, 0.5) is 0 Å². The van der Waals surface area contributed by atoms with Gasteiger partial charge >= 0.3 is 0 Å². The lowest BCUT2D eigenvalue weighted by molar-refractivity contribution is -0.121. The minimum atomic E-state index is 0.0188. The highest BCUT2D eigenvalue weighted by atomic mass is 16.1. The van der Waals surface area contributed by atoms with Crippen molar-refractivity contribution in [3.8, 4) is 0 Å². The van der Waals surface area contributed by atoms with Gasteiger partial charge in [0.1, 0.15) is 5.82 Å². The smallest absolute Gasteiger partial charge is 0.220 e. The third-order valence-electron chi connectivity index (χ3n) is 4.84. The van der Waals surface area contributed by atoms with Crippen LogP contribution in [0.2, 0.25) is 0 Å². The first-order chi connectivity index (χ1) is 12.5. The molecule has 0 bridgehead atoms. The van der Waals surface area contributed by atoms with Gasteiger partial charge in [-0.1, -0.05) is 36.8 Å². The number of aromatic nitrogens is 2. The molecule has 0 unspecified atom stereocenters. The molecule has 1 heterocycles. The summed E-state index contributed by atoms with van der Waals surface area (Å²) < 4.78 is 0. The van der Waals surface area contributed by atoms with E-state index in [1.165, 1.54) is 16.7 Å². The first-order valence-corrected chi connectivity index (χ1v) is 9.30. The minimum Gasteiger partial charge on any atom is -0.350 e. The van der Waals surface area contributed by atoms with Crippen molar-refractivity contribution < 1.29 is 4.79 Å². The maximum Gasteiger partial charge on any atom is 0.220 e. The summed E-state index contributed by atoms with van der Waals surface area (Å²) in [5.41, 5.74) is 6.81. The fourth-order valence-corrected chi connectivity index (χ4v) is 3.39. The van der Waals surface area contributed by atoms with Gasteiger partial charge in [0.25, 0.3) is 0 Å². The number of fused-ring (bicyclic) bond motifs is 1. The molecule has 1 amide bonds. The van der Waals surface area contributed by atoms with Crippen LogP contribution in [0.1, 0.15) is 54.4 Å². The molecule has 4 nitrogen and oxygen atoms in total. The molecule has 0 aliphatic rings. The fraction of sp³-hybridized carbons (Fsp3) is 0.364. The predicted octanol–water partition coefficient (Wildman–Crippen LogP) is 4.55. The molecule has 1 atom stereocenters. The third kappa shape index (κ3) is 4.13. The summed E-state index contributed by atoms with van der Waals surface area (Å²) in [7, 11) is 0. The van der Waals surface area contributed by atoms with Gasteiger partial charge in [-0.05, 0) is 56.0 Å². The third-order valence-corrected chi connectivity index (χ3v) is 4.84. The van der Waals surface area contributed by atoms with Gasteiger partial charge in [0.05, 0.1) is 17.1 Å². The van der Waals surface area contributed by atoms with Crippen LogP contribution in [-0.4, -0.2) is 15.9 Å². The van der Waals surface area contributed by atoms with E-state index < -0.39 is 0 Å². The zero-order chi connectivity index (χ0) is 18.7. The van der Waals surface area contributed by atoms with Crippen LogP contribution >= 0.6 is 0 Å². The van der Waals surface area contributed by atoms with E-state index in [-0.39, 0.29) is 11.9 Å². The van der Waals surface area contributed by atoms with Crippen molar-refractivity contribution in [1.29, 1.82) is 0 Å². The number of amides is 1. The molecule has 2 N–H and O–H groups in total. The van der Waals surface area contributed by atoms with Crippen molar-refractivity contribution in [2.45, 2.75) is 53.0 Å². The highest BCUT2D eigenvalue weighted by molar-refractivity contribution is 5.78. The van der Waals surface area contributed by atoms with Crippen LogP contribution in [0.3, 0.4) is 0 Å². The molecule has 1 aromatic heterocycles. The Hall–Kier alpha value is -2.62. The Morgan fingerprint density at radius 1 is 1.19 bits per heavy atom. The van der Waals surface area contributed by atoms with Crippen LogP contribution in [0, 0.1) is 13.8 Å². The number of nitrogens with one attached hydrogen (secondary N) is 2. The summed E-state index contributed by atoms with van der Waals surface area (Å²) in [4.78, 5) is 20.2. The molecule has 4 heteroatoms. The summed E-state index contributed by atoms with van der Waals surface area (Å²) >= 11 is 0. The Labute approximate surface area is 155 Å². The second kappa shape index (κ2) is 7.73. The summed E-state index contributed by atoms with van der Waals surface area (Å²) in [6.45, 7) is 8.30. The number of hydrogen-bond acceptors (Lipinski definition) is 2. The van der Waals surface area contributed by atoms with E-state index in [1.807, 2.05) is 13.0 Å². The average Bonchev–Trinajstić information content (AvgIpc) is 3.02. The number of carbonyl (C=O) groups is 1. The van der Waals surface area contributed by atoms with E-state index in [0.29, 0.717) is 6.42 Å². The van der Waals surface area contributed by atoms with Crippen LogP contribution < -0.4 is 5.32 Å². The molecule has 3 aromatic rings. The number of imidazole rings is 1. The maximum atomic E-state index is 12.4.